The quantitative estimate of drug-likeness (QED) is 0.197. The Morgan fingerprint density at radius 1 is 1.17 bits per heavy atom. The monoisotopic (exact) mass is 514 g/mol. The lowest BCUT2D eigenvalue weighted by Gasteiger charge is -2.18. The van der Waals surface area contributed by atoms with Gasteiger partial charge < -0.3 is 21.1 Å². The van der Waals surface area contributed by atoms with Crippen molar-refractivity contribution in [3.8, 4) is 5.75 Å². The minimum atomic E-state index is -0.231. The summed E-state index contributed by atoms with van der Waals surface area (Å²) in [5.41, 5.74) is 1.91. The molecule has 4 N–H and O–H groups in total. The largest absolute Gasteiger partial charge is 0.508 e. The van der Waals surface area contributed by atoms with E-state index in [1.807, 2.05) is 19.9 Å². The number of nitrogens with zero attached hydrogens (tertiary/aromatic N) is 1. The summed E-state index contributed by atoms with van der Waals surface area (Å²) in [6.07, 6.45) is 0. The lowest BCUT2D eigenvalue weighted by Crippen LogP contribution is -2.39. The third-order valence-corrected chi connectivity index (χ3v) is 4.19. The molecule has 0 spiro atoms. The van der Waals surface area contributed by atoms with E-state index in [0.717, 1.165) is 5.56 Å². The molecule has 0 aliphatic heterocycles. The molecule has 0 radical (unpaired) electrons. The molecule has 29 heavy (non-hydrogen) atoms. The number of nitrogens with one attached hydrogen (secondary N) is 3. The zero-order chi connectivity index (χ0) is 20.5. The molecule has 0 aliphatic carbocycles. The Bertz CT molecular complexity index is 828. The van der Waals surface area contributed by atoms with Crippen molar-refractivity contribution in [3.05, 3.63) is 65.0 Å². The molecular weight excluding hydrogens is 486 g/mol. The van der Waals surface area contributed by atoms with Crippen LogP contribution in [0.4, 0.5) is 4.39 Å². The molecule has 0 fully saturated rings. The molecule has 1 amide bonds. The molecule has 1 atom stereocenters. The number of aliphatic imine (C=N–C) groups is 1. The van der Waals surface area contributed by atoms with Crippen molar-refractivity contribution in [1.29, 1.82) is 0 Å². The van der Waals surface area contributed by atoms with Gasteiger partial charge in [-0.2, -0.15) is 0 Å². The van der Waals surface area contributed by atoms with Gasteiger partial charge in [-0.25, -0.2) is 4.39 Å². The first-order valence-electron chi connectivity index (χ1n) is 9.28. The zero-order valence-corrected chi connectivity index (χ0v) is 19.2. The summed E-state index contributed by atoms with van der Waals surface area (Å²) >= 11 is 0. The number of carbonyl (C=O) groups excluding carboxylic acids is 1. The summed E-state index contributed by atoms with van der Waals surface area (Å²) < 4.78 is 13.8. The number of phenols is 1. The zero-order valence-electron chi connectivity index (χ0n) is 16.8. The molecule has 2 rings (SSSR count). The third-order valence-electron chi connectivity index (χ3n) is 4.19. The first-order valence-corrected chi connectivity index (χ1v) is 9.28. The fourth-order valence-corrected chi connectivity index (χ4v) is 2.54. The highest BCUT2D eigenvalue weighted by molar-refractivity contribution is 14.0. The van der Waals surface area contributed by atoms with Gasteiger partial charge >= 0.3 is 0 Å². The molecule has 0 heterocycles. The summed E-state index contributed by atoms with van der Waals surface area (Å²) in [6, 6.07) is 11.1. The normalized spacial score (nSPS) is 11.9. The molecular formula is C21H28FIN4O2. The van der Waals surface area contributed by atoms with Gasteiger partial charge in [-0.15, -0.1) is 24.0 Å². The van der Waals surface area contributed by atoms with Crippen molar-refractivity contribution in [3.63, 3.8) is 0 Å². The van der Waals surface area contributed by atoms with E-state index in [2.05, 4.69) is 20.9 Å². The second-order valence-electron chi connectivity index (χ2n) is 6.44. The molecule has 0 aliphatic rings. The van der Waals surface area contributed by atoms with Crippen LogP contribution in [0.15, 0.2) is 47.5 Å². The Morgan fingerprint density at radius 3 is 2.48 bits per heavy atom. The predicted octanol–water partition coefficient (Wildman–Crippen LogP) is 3.50. The maximum Gasteiger partial charge on any atom is 0.251 e. The Kier molecular flexibility index (Phi) is 10.4. The fourth-order valence-electron chi connectivity index (χ4n) is 2.54. The molecule has 8 heteroatoms. The summed E-state index contributed by atoms with van der Waals surface area (Å²) in [4.78, 5) is 16.5. The number of rotatable bonds is 7. The van der Waals surface area contributed by atoms with Crippen molar-refractivity contribution in [2.24, 2.45) is 4.99 Å². The van der Waals surface area contributed by atoms with Crippen LogP contribution in [-0.4, -0.2) is 36.6 Å². The second kappa shape index (κ2) is 12.3. The van der Waals surface area contributed by atoms with Crippen LogP contribution in [-0.2, 0) is 0 Å². The number of halogens is 2. The number of carbonyl (C=O) groups is 1. The average molecular weight is 514 g/mol. The number of benzene rings is 2. The van der Waals surface area contributed by atoms with Crippen LogP contribution in [0, 0.1) is 12.7 Å². The van der Waals surface area contributed by atoms with Crippen LogP contribution in [0.5, 0.6) is 5.75 Å². The van der Waals surface area contributed by atoms with E-state index in [1.165, 1.54) is 18.2 Å². The van der Waals surface area contributed by atoms with Crippen molar-refractivity contribution in [2.45, 2.75) is 26.8 Å². The number of hydrogen-bond donors (Lipinski definition) is 4. The maximum absolute atomic E-state index is 13.8. The Morgan fingerprint density at radius 2 is 1.86 bits per heavy atom. The number of aryl methyl sites for hydroxylation is 1. The molecule has 0 aromatic heterocycles. The minimum absolute atomic E-state index is 0. The smallest absolute Gasteiger partial charge is 0.251 e. The van der Waals surface area contributed by atoms with E-state index in [1.54, 1.807) is 25.1 Å². The van der Waals surface area contributed by atoms with Gasteiger partial charge in [-0.3, -0.25) is 9.79 Å². The SMILES string of the molecule is CCNC(=NCCNC(=O)c1ccc(O)cc1)NC(C)c1ccc(C)c(F)c1.I. The molecule has 0 bridgehead atoms. The van der Waals surface area contributed by atoms with Gasteiger partial charge in [0.1, 0.15) is 11.6 Å². The van der Waals surface area contributed by atoms with Crippen molar-refractivity contribution in [1.82, 2.24) is 16.0 Å². The van der Waals surface area contributed by atoms with Crippen molar-refractivity contribution >= 4 is 35.8 Å². The van der Waals surface area contributed by atoms with E-state index < -0.39 is 0 Å². The van der Waals surface area contributed by atoms with Crippen LogP contribution >= 0.6 is 24.0 Å². The summed E-state index contributed by atoms with van der Waals surface area (Å²) in [5.74, 6) is 0.252. The third kappa shape index (κ3) is 7.88. The van der Waals surface area contributed by atoms with E-state index >= 15 is 0 Å². The molecule has 158 valence electrons. The lowest BCUT2D eigenvalue weighted by molar-refractivity contribution is 0.0955. The Hall–Kier alpha value is -2.36. The van der Waals surface area contributed by atoms with Crippen LogP contribution < -0.4 is 16.0 Å². The van der Waals surface area contributed by atoms with Crippen LogP contribution in [0.1, 0.15) is 41.4 Å². The van der Waals surface area contributed by atoms with E-state index in [4.69, 9.17) is 0 Å². The summed E-state index contributed by atoms with van der Waals surface area (Å²) in [6.45, 7) is 7.05. The van der Waals surface area contributed by atoms with Gasteiger partial charge in [0, 0.05) is 18.7 Å². The molecule has 2 aromatic carbocycles. The summed E-state index contributed by atoms with van der Waals surface area (Å²) in [5, 5.41) is 18.4. The number of amides is 1. The fraction of sp³-hybridized carbons (Fsp3) is 0.333. The standard InChI is InChI=1S/C21H27FN4O2.HI/c1-4-23-21(26-15(3)17-6-5-14(2)19(22)13-17)25-12-11-24-20(28)16-7-9-18(27)10-8-16;/h5-10,13,15,27H,4,11-12H2,1-3H3,(H,24,28)(H2,23,25,26);1H. The Labute approximate surface area is 188 Å². The molecule has 2 aromatic rings. The van der Waals surface area contributed by atoms with Crippen LogP contribution in [0.3, 0.4) is 0 Å². The second-order valence-corrected chi connectivity index (χ2v) is 6.44. The van der Waals surface area contributed by atoms with Gasteiger partial charge in [-0.05, 0) is 62.2 Å². The molecule has 0 saturated carbocycles. The van der Waals surface area contributed by atoms with Gasteiger partial charge in [0.15, 0.2) is 5.96 Å². The van der Waals surface area contributed by atoms with E-state index in [-0.39, 0.29) is 47.5 Å². The topological polar surface area (TPSA) is 85.8 Å². The highest BCUT2D eigenvalue weighted by Crippen LogP contribution is 2.16. The maximum atomic E-state index is 13.8. The van der Waals surface area contributed by atoms with E-state index in [9.17, 15) is 14.3 Å². The molecule has 1 unspecified atom stereocenters. The number of phenolic OH excluding ortho intramolecular Hbond substituents is 1. The van der Waals surface area contributed by atoms with Gasteiger partial charge in [-0.1, -0.05) is 12.1 Å². The Balaban J connectivity index is 0.00000420. The van der Waals surface area contributed by atoms with Gasteiger partial charge in [0.2, 0.25) is 0 Å². The molecule has 6 nitrogen and oxygen atoms in total. The first kappa shape index (κ1) is 24.7. The van der Waals surface area contributed by atoms with E-state index in [0.29, 0.717) is 36.7 Å². The minimum Gasteiger partial charge on any atom is -0.508 e. The average Bonchev–Trinajstić information content (AvgIpc) is 2.67. The van der Waals surface area contributed by atoms with Gasteiger partial charge in [0.25, 0.3) is 5.91 Å². The van der Waals surface area contributed by atoms with Crippen LogP contribution in [0.2, 0.25) is 0 Å². The highest BCUT2D eigenvalue weighted by Gasteiger charge is 2.10. The highest BCUT2D eigenvalue weighted by atomic mass is 127. The number of hydrogen-bond acceptors (Lipinski definition) is 3. The number of aromatic hydroxyl groups is 1. The predicted molar refractivity (Wildman–Crippen MR) is 125 cm³/mol. The van der Waals surface area contributed by atoms with Crippen LogP contribution in [0.25, 0.3) is 0 Å². The van der Waals surface area contributed by atoms with Crippen molar-refractivity contribution in [2.75, 3.05) is 19.6 Å². The summed E-state index contributed by atoms with van der Waals surface area (Å²) in [7, 11) is 0. The first-order chi connectivity index (χ1) is 13.4. The lowest BCUT2D eigenvalue weighted by atomic mass is 10.1. The van der Waals surface area contributed by atoms with Crippen molar-refractivity contribution < 1.29 is 14.3 Å². The van der Waals surface area contributed by atoms with Gasteiger partial charge in [0.05, 0.1) is 12.6 Å². The number of guanidine groups is 1. The molecule has 0 saturated heterocycles.